The lowest BCUT2D eigenvalue weighted by molar-refractivity contribution is 0.682. The molecule has 27 heavy (non-hydrogen) atoms. The molecule has 2 unspecified atom stereocenters. The van der Waals surface area contributed by atoms with Crippen molar-refractivity contribution in [3.63, 3.8) is 0 Å². The Morgan fingerprint density at radius 3 is 2.07 bits per heavy atom. The van der Waals surface area contributed by atoms with Crippen LogP contribution in [-0.2, 0) is 11.2 Å². The zero-order valence-corrected chi connectivity index (χ0v) is 16.4. The van der Waals surface area contributed by atoms with Crippen LogP contribution in [0.4, 0.5) is 11.4 Å². The van der Waals surface area contributed by atoms with Crippen molar-refractivity contribution >= 4 is 51.6 Å². The monoisotopic (exact) mass is 415 g/mol. The lowest BCUT2D eigenvalue weighted by atomic mass is 10.0. The summed E-state index contributed by atoms with van der Waals surface area (Å²) in [5.74, 6) is 0.174. The summed E-state index contributed by atoms with van der Waals surface area (Å²) >= 11 is 11.2. The molecule has 7 heteroatoms. The molecule has 4 rings (SSSR count). The van der Waals surface area contributed by atoms with Gasteiger partial charge < -0.3 is 0 Å². The fourth-order valence-corrected chi connectivity index (χ4v) is 5.08. The third kappa shape index (κ3) is 3.12. The van der Waals surface area contributed by atoms with E-state index in [4.69, 9.17) is 28.6 Å². The molecule has 0 amide bonds. The summed E-state index contributed by atoms with van der Waals surface area (Å²) in [6.45, 7) is 0. The summed E-state index contributed by atoms with van der Waals surface area (Å²) in [6.07, 6.45) is 0. The molecule has 0 bridgehead atoms. The van der Waals surface area contributed by atoms with Gasteiger partial charge in [-0.05, 0) is 30.3 Å². The van der Waals surface area contributed by atoms with Gasteiger partial charge in [-0.2, -0.15) is 0 Å². The van der Waals surface area contributed by atoms with E-state index in [9.17, 15) is 4.21 Å². The van der Waals surface area contributed by atoms with Gasteiger partial charge in [0.2, 0.25) is 11.2 Å². The molecule has 0 spiro atoms. The first kappa shape index (κ1) is 18.0. The van der Waals surface area contributed by atoms with E-state index >= 15 is 0 Å². The summed E-state index contributed by atoms with van der Waals surface area (Å²) in [4.78, 5) is 0. The molecular weight excluding hydrogens is 401 g/mol. The topological polar surface area (TPSA) is 47.4 Å². The SMILES string of the molecule is N=C1C(c2ccccc2Cl)N(c2ccccc2Cl)S(=O)N1c1ccccc1. The maximum absolute atomic E-state index is 13.5. The minimum absolute atomic E-state index is 0.174. The molecule has 4 nitrogen and oxygen atoms in total. The van der Waals surface area contributed by atoms with Gasteiger partial charge in [-0.15, -0.1) is 0 Å². The first-order valence-corrected chi connectivity index (χ1v) is 10.1. The number of benzene rings is 3. The minimum atomic E-state index is -1.68. The van der Waals surface area contributed by atoms with Crippen molar-refractivity contribution in [2.45, 2.75) is 6.04 Å². The summed E-state index contributed by atoms with van der Waals surface area (Å²) in [7, 11) is 0. The zero-order chi connectivity index (χ0) is 19.0. The number of rotatable bonds is 3. The van der Waals surface area contributed by atoms with E-state index < -0.39 is 17.2 Å². The Morgan fingerprint density at radius 2 is 1.41 bits per heavy atom. The van der Waals surface area contributed by atoms with Crippen molar-refractivity contribution < 1.29 is 4.21 Å². The highest BCUT2D eigenvalue weighted by Gasteiger charge is 2.45. The largest absolute Gasteiger partial charge is 0.285 e. The second-order valence-corrected chi connectivity index (χ2v) is 7.98. The quantitative estimate of drug-likeness (QED) is 0.592. The molecule has 0 saturated carbocycles. The van der Waals surface area contributed by atoms with Gasteiger partial charge in [-0.3, -0.25) is 9.71 Å². The van der Waals surface area contributed by atoms with E-state index in [0.29, 0.717) is 27.0 Å². The molecular formula is C20H15Cl2N3OS. The van der Waals surface area contributed by atoms with Crippen LogP contribution in [0, 0.1) is 5.41 Å². The van der Waals surface area contributed by atoms with E-state index in [0.717, 1.165) is 0 Å². The lowest BCUT2D eigenvalue weighted by Crippen LogP contribution is -2.28. The van der Waals surface area contributed by atoms with Crippen LogP contribution in [0.5, 0.6) is 0 Å². The molecule has 3 aromatic carbocycles. The molecule has 1 saturated heterocycles. The van der Waals surface area contributed by atoms with Gasteiger partial charge in [-0.25, -0.2) is 8.51 Å². The Morgan fingerprint density at radius 1 is 0.815 bits per heavy atom. The first-order valence-electron chi connectivity index (χ1n) is 8.23. The van der Waals surface area contributed by atoms with Crippen LogP contribution >= 0.6 is 23.2 Å². The van der Waals surface area contributed by atoms with Crippen molar-refractivity contribution in [1.82, 2.24) is 0 Å². The van der Waals surface area contributed by atoms with Gasteiger partial charge >= 0.3 is 0 Å². The third-order valence-electron chi connectivity index (χ3n) is 4.32. The zero-order valence-electron chi connectivity index (χ0n) is 14.0. The van der Waals surface area contributed by atoms with Crippen LogP contribution in [-0.4, -0.2) is 10.0 Å². The van der Waals surface area contributed by atoms with E-state index in [2.05, 4.69) is 0 Å². The predicted octanol–water partition coefficient (Wildman–Crippen LogP) is 5.62. The van der Waals surface area contributed by atoms with Crippen molar-refractivity contribution in [3.8, 4) is 0 Å². The molecule has 1 aliphatic heterocycles. The number of amidine groups is 1. The van der Waals surface area contributed by atoms with E-state index in [-0.39, 0.29) is 5.84 Å². The second kappa shape index (κ2) is 7.35. The summed E-state index contributed by atoms with van der Waals surface area (Å²) in [5.41, 5.74) is 1.97. The van der Waals surface area contributed by atoms with Crippen LogP contribution in [0.2, 0.25) is 10.0 Å². The summed E-state index contributed by atoms with van der Waals surface area (Å²) in [5, 5.41) is 9.78. The van der Waals surface area contributed by atoms with Crippen molar-refractivity contribution in [3.05, 3.63) is 94.5 Å². The summed E-state index contributed by atoms with van der Waals surface area (Å²) in [6, 6.07) is 23.1. The molecule has 3 aromatic rings. The molecule has 0 radical (unpaired) electrons. The molecule has 1 heterocycles. The molecule has 1 aliphatic rings. The third-order valence-corrected chi connectivity index (χ3v) is 6.44. The Kier molecular flexibility index (Phi) is 4.91. The van der Waals surface area contributed by atoms with Crippen molar-refractivity contribution in [2.24, 2.45) is 0 Å². The maximum atomic E-state index is 13.5. The highest BCUT2D eigenvalue weighted by Crippen LogP contribution is 2.43. The average molecular weight is 416 g/mol. The highest BCUT2D eigenvalue weighted by molar-refractivity contribution is 7.89. The van der Waals surface area contributed by atoms with Crippen LogP contribution in [0.3, 0.4) is 0 Å². The fourth-order valence-electron chi connectivity index (χ4n) is 3.10. The Balaban J connectivity index is 1.91. The smallest absolute Gasteiger partial charge is 0.232 e. The number of para-hydroxylation sites is 2. The van der Waals surface area contributed by atoms with E-state index in [1.54, 1.807) is 22.5 Å². The minimum Gasteiger partial charge on any atom is -0.285 e. The van der Waals surface area contributed by atoms with Crippen molar-refractivity contribution in [1.29, 1.82) is 5.41 Å². The van der Waals surface area contributed by atoms with Gasteiger partial charge in [0.05, 0.1) is 16.4 Å². The van der Waals surface area contributed by atoms with Crippen LogP contribution < -0.4 is 8.61 Å². The number of halogens is 2. The fraction of sp³-hybridized carbons (Fsp3) is 0.0500. The van der Waals surface area contributed by atoms with Crippen LogP contribution in [0.25, 0.3) is 0 Å². The van der Waals surface area contributed by atoms with Crippen molar-refractivity contribution in [2.75, 3.05) is 8.61 Å². The Bertz CT molecular complexity index is 965. The first-order chi connectivity index (χ1) is 13.1. The lowest BCUT2D eigenvalue weighted by Gasteiger charge is -2.24. The van der Waals surface area contributed by atoms with Gasteiger partial charge in [0, 0.05) is 10.6 Å². The number of anilines is 2. The van der Waals surface area contributed by atoms with E-state index in [1.165, 1.54) is 4.31 Å². The summed E-state index contributed by atoms with van der Waals surface area (Å²) < 4.78 is 16.6. The predicted molar refractivity (Wildman–Crippen MR) is 113 cm³/mol. The van der Waals surface area contributed by atoms with Gasteiger partial charge in [-0.1, -0.05) is 71.7 Å². The molecule has 1 fully saturated rings. The normalized spacial score (nSPS) is 19.6. The highest BCUT2D eigenvalue weighted by atomic mass is 35.5. The molecule has 0 aromatic heterocycles. The Hall–Kier alpha value is -2.34. The maximum Gasteiger partial charge on any atom is 0.232 e. The molecule has 136 valence electrons. The average Bonchev–Trinajstić information content (AvgIpc) is 2.93. The molecule has 0 aliphatic carbocycles. The second-order valence-electron chi connectivity index (χ2n) is 5.95. The molecule has 2 atom stereocenters. The van der Waals surface area contributed by atoms with Gasteiger partial charge in [0.1, 0.15) is 11.9 Å². The van der Waals surface area contributed by atoms with Crippen LogP contribution in [0.1, 0.15) is 11.6 Å². The molecule has 1 N–H and O–H groups in total. The number of nitrogens with zero attached hydrogens (tertiary/aromatic N) is 2. The number of hydrogen-bond acceptors (Lipinski definition) is 2. The number of nitrogens with one attached hydrogen (secondary N) is 1. The standard InChI is InChI=1S/C20H15Cl2N3OS/c21-16-11-5-4-10-15(16)19-20(23)24(14-8-2-1-3-9-14)27(26)25(19)18-13-7-6-12-17(18)22/h1-13,19,23H. The van der Waals surface area contributed by atoms with Gasteiger partial charge in [0.15, 0.2) is 0 Å². The van der Waals surface area contributed by atoms with Gasteiger partial charge in [0.25, 0.3) is 0 Å². The van der Waals surface area contributed by atoms with Crippen LogP contribution in [0.15, 0.2) is 78.9 Å². The number of hydrogen-bond donors (Lipinski definition) is 1. The Labute approximate surface area is 170 Å². The van der Waals surface area contributed by atoms with E-state index in [1.807, 2.05) is 60.7 Å².